The molecule has 0 aliphatic carbocycles. The molecule has 0 saturated heterocycles. The van der Waals surface area contributed by atoms with Crippen molar-refractivity contribution in [3.63, 3.8) is 0 Å². The molecule has 0 bridgehead atoms. The van der Waals surface area contributed by atoms with Gasteiger partial charge in [-0.2, -0.15) is 4.98 Å². The van der Waals surface area contributed by atoms with Crippen LogP contribution in [-0.4, -0.2) is 23.6 Å². The van der Waals surface area contributed by atoms with Crippen molar-refractivity contribution in [1.29, 1.82) is 0 Å². The Hall–Kier alpha value is -3.03. The van der Waals surface area contributed by atoms with Gasteiger partial charge in [0.1, 0.15) is 11.5 Å². The summed E-state index contributed by atoms with van der Waals surface area (Å²) in [5.74, 6) is 0.856. The van der Waals surface area contributed by atoms with Gasteiger partial charge in [-0.1, -0.05) is 11.2 Å². The van der Waals surface area contributed by atoms with Gasteiger partial charge in [0.15, 0.2) is 0 Å². The topological polar surface area (TPSA) is 57.4 Å². The fourth-order valence-electron chi connectivity index (χ4n) is 2.02. The minimum absolute atomic E-state index is 0.256. The Morgan fingerprint density at radius 3 is 2.38 bits per heavy atom. The Balaban J connectivity index is 1.82. The van der Waals surface area contributed by atoms with E-state index in [1.807, 2.05) is 0 Å². The molecule has 124 valence electrons. The molecular weight excluding hydrogens is 325 g/mol. The van der Waals surface area contributed by atoms with Crippen LogP contribution < -0.4 is 9.47 Å². The number of aromatic nitrogens is 2. The molecule has 0 spiro atoms. The molecule has 3 rings (SSSR count). The molecular formula is C16H11F3N2O3. The number of hydrogen-bond donors (Lipinski definition) is 0. The monoisotopic (exact) mass is 336 g/mol. The predicted octanol–water partition coefficient (Wildman–Crippen LogP) is 4.31. The lowest BCUT2D eigenvalue weighted by atomic mass is 10.2. The van der Waals surface area contributed by atoms with Gasteiger partial charge < -0.3 is 14.0 Å². The van der Waals surface area contributed by atoms with E-state index in [2.05, 4.69) is 14.9 Å². The maximum absolute atomic E-state index is 12.1. The van der Waals surface area contributed by atoms with Gasteiger partial charge in [-0.25, -0.2) is 0 Å². The molecule has 0 fully saturated rings. The zero-order valence-electron chi connectivity index (χ0n) is 12.4. The summed E-state index contributed by atoms with van der Waals surface area (Å²) in [6, 6.07) is 12.3. The maximum Gasteiger partial charge on any atom is 0.573 e. The van der Waals surface area contributed by atoms with E-state index in [0.717, 1.165) is 0 Å². The summed E-state index contributed by atoms with van der Waals surface area (Å²) in [7, 11) is 1.54. The largest absolute Gasteiger partial charge is 0.573 e. The molecule has 0 N–H and O–H groups in total. The highest BCUT2D eigenvalue weighted by atomic mass is 19.4. The van der Waals surface area contributed by atoms with Crippen molar-refractivity contribution >= 4 is 0 Å². The van der Waals surface area contributed by atoms with E-state index in [1.165, 1.54) is 24.3 Å². The Morgan fingerprint density at radius 1 is 0.958 bits per heavy atom. The number of rotatable bonds is 4. The van der Waals surface area contributed by atoms with Crippen molar-refractivity contribution in [2.24, 2.45) is 0 Å². The lowest BCUT2D eigenvalue weighted by Gasteiger charge is -2.08. The second-order valence-corrected chi connectivity index (χ2v) is 4.73. The third-order valence-electron chi connectivity index (χ3n) is 3.09. The molecule has 1 aromatic heterocycles. The fraction of sp³-hybridized carbons (Fsp3) is 0.125. The summed E-state index contributed by atoms with van der Waals surface area (Å²) < 4.78 is 50.6. The lowest BCUT2D eigenvalue weighted by Crippen LogP contribution is -2.16. The van der Waals surface area contributed by atoms with Crippen LogP contribution in [0.2, 0.25) is 0 Å². The molecule has 24 heavy (non-hydrogen) atoms. The number of alkyl halides is 3. The van der Waals surface area contributed by atoms with Crippen LogP contribution in [0, 0.1) is 0 Å². The summed E-state index contributed by atoms with van der Waals surface area (Å²) in [6.45, 7) is 0. The molecule has 0 aliphatic rings. The Kier molecular flexibility index (Phi) is 4.11. The van der Waals surface area contributed by atoms with Gasteiger partial charge in [0.2, 0.25) is 5.82 Å². The first-order valence-electron chi connectivity index (χ1n) is 6.79. The van der Waals surface area contributed by atoms with Crippen LogP contribution in [0.1, 0.15) is 0 Å². The number of halogens is 3. The molecule has 2 aromatic carbocycles. The SMILES string of the molecule is COc1cccc(-c2nc(-c3ccc(OC(F)(F)F)cc3)no2)c1. The minimum atomic E-state index is -4.73. The quantitative estimate of drug-likeness (QED) is 0.710. The average Bonchev–Trinajstić information content (AvgIpc) is 3.04. The van der Waals surface area contributed by atoms with Gasteiger partial charge in [0, 0.05) is 11.1 Å². The lowest BCUT2D eigenvalue weighted by molar-refractivity contribution is -0.274. The van der Waals surface area contributed by atoms with Crippen molar-refractivity contribution in [3.8, 4) is 34.3 Å². The molecule has 1 heterocycles. The summed E-state index contributed by atoms with van der Waals surface area (Å²) in [5.41, 5.74) is 1.17. The van der Waals surface area contributed by atoms with Gasteiger partial charge in [0.25, 0.3) is 5.89 Å². The van der Waals surface area contributed by atoms with E-state index in [4.69, 9.17) is 9.26 Å². The van der Waals surface area contributed by atoms with E-state index in [1.54, 1.807) is 31.4 Å². The second-order valence-electron chi connectivity index (χ2n) is 4.73. The maximum atomic E-state index is 12.1. The molecule has 0 saturated carbocycles. The Morgan fingerprint density at radius 2 is 1.71 bits per heavy atom. The summed E-state index contributed by atoms with van der Waals surface area (Å²) in [4.78, 5) is 4.23. The molecule has 0 radical (unpaired) electrons. The predicted molar refractivity (Wildman–Crippen MR) is 78.4 cm³/mol. The van der Waals surface area contributed by atoms with Crippen molar-refractivity contribution in [1.82, 2.24) is 10.1 Å². The van der Waals surface area contributed by atoms with Crippen molar-refractivity contribution < 1.29 is 27.2 Å². The minimum Gasteiger partial charge on any atom is -0.497 e. The number of nitrogens with zero attached hydrogens (tertiary/aromatic N) is 2. The zero-order chi connectivity index (χ0) is 17.2. The normalized spacial score (nSPS) is 11.3. The molecule has 0 atom stereocenters. The fourth-order valence-corrected chi connectivity index (χ4v) is 2.02. The van der Waals surface area contributed by atoms with E-state index in [0.29, 0.717) is 16.9 Å². The zero-order valence-corrected chi connectivity index (χ0v) is 12.4. The first kappa shape index (κ1) is 15.9. The van der Waals surface area contributed by atoms with Crippen molar-refractivity contribution in [2.45, 2.75) is 6.36 Å². The second kappa shape index (κ2) is 6.23. The Labute approximate surface area is 134 Å². The number of hydrogen-bond acceptors (Lipinski definition) is 5. The van der Waals surface area contributed by atoms with Gasteiger partial charge in [-0.3, -0.25) is 0 Å². The van der Waals surface area contributed by atoms with Crippen LogP contribution in [0.5, 0.6) is 11.5 Å². The highest BCUT2D eigenvalue weighted by molar-refractivity contribution is 5.61. The first-order chi connectivity index (χ1) is 11.4. The van der Waals surface area contributed by atoms with Crippen LogP contribution in [0.3, 0.4) is 0 Å². The smallest absolute Gasteiger partial charge is 0.497 e. The number of ether oxygens (including phenoxy) is 2. The van der Waals surface area contributed by atoms with Crippen LogP contribution in [0.4, 0.5) is 13.2 Å². The van der Waals surface area contributed by atoms with Crippen LogP contribution >= 0.6 is 0 Å². The van der Waals surface area contributed by atoms with Gasteiger partial charge in [-0.15, -0.1) is 13.2 Å². The van der Waals surface area contributed by atoms with Gasteiger partial charge in [0.05, 0.1) is 7.11 Å². The van der Waals surface area contributed by atoms with Crippen molar-refractivity contribution in [3.05, 3.63) is 48.5 Å². The van der Waals surface area contributed by atoms with Crippen LogP contribution in [0.15, 0.2) is 53.1 Å². The average molecular weight is 336 g/mol. The molecule has 5 nitrogen and oxygen atoms in total. The molecule has 0 unspecified atom stereocenters. The third kappa shape index (κ3) is 3.65. The van der Waals surface area contributed by atoms with E-state index < -0.39 is 6.36 Å². The van der Waals surface area contributed by atoms with Crippen molar-refractivity contribution in [2.75, 3.05) is 7.11 Å². The van der Waals surface area contributed by atoms with E-state index in [-0.39, 0.29) is 17.5 Å². The molecule has 0 aliphatic heterocycles. The highest BCUT2D eigenvalue weighted by Gasteiger charge is 2.31. The number of methoxy groups -OCH3 is 1. The third-order valence-corrected chi connectivity index (χ3v) is 3.09. The molecule has 8 heteroatoms. The molecule has 0 amide bonds. The van der Waals surface area contributed by atoms with E-state index >= 15 is 0 Å². The Bertz CT molecular complexity index is 829. The summed E-state index contributed by atoms with van der Waals surface area (Å²) >= 11 is 0. The highest BCUT2D eigenvalue weighted by Crippen LogP contribution is 2.27. The van der Waals surface area contributed by atoms with Gasteiger partial charge >= 0.3 is 6.36 Å². The number of benzene rings is 2. The summed E-state index contributed by atoms with van der Waals surface area (Å²) in [5, 5.41) is 3.83. The molecule has 3 aromatic rings. The van der Waals surface area contributed by atoms with E-state index in [9.17, 15) is 13.2 Å². The summed E-state index contributed by atoms with van der Waals surface area (Å²) in [6.07, 6.45) is -4.73. The van der Waals surface area contributed by atoms with Gasteiger partial charge in [-0.05, 0) is 42.5 Å². The standard InChI is InChI=1S/C16H11F3N2O3/c1-22-13-4-2-3-11(9-13)15-20-14(21-24-15)10-5-7-12(8-6-10)23-16(17,18)19/h2-9H,1H3. The first-order valence-corrected chi connectivity index (χ1v) is 6.79. The van der Waals surface area contributed by atoms with Crippen LogP contribution in [0.25, 0.3) is 22.8 Å². The van der Waals surface area contributed by atoms with Crippen LogP contribution in [-0.2, 0) is 0 Å².